The van der Waals surface area contributed by atoms with Crippen molar-refractivity contribution in [1.29, 1.82) is 0 Å². The minimum absolute atomic E-state index is 0.0168. The molecule has 1 aliphatic heterocycles. The van der Waals surface area contributed by atoms with Crippen molar-refractivity contribution in [2.45, 2.75) is 19.4 Å². The molecular formula is C15H17N5O5. The molecule has 1 aliphatic rings. The largest absolute Gasteiger partial charge is 0.352 e. The first-order valence-electron chi connectivity index (χ1n) is 7.88. The average Bonchev–Trinajstić information content (AvgIpc) is 2.61. The summed E-state index contributed by atoms with van der Waals surface area (Å²) in [6.07, 6.45) is 1.46. The van der Waals surface area contributed by atoms with Crippen LogP contribution in [0, 0.1) is 16.0 Å². The van der Waals surface area contributed by atoms with Gasteiger partial charge in [0.1, 0.15) is 0 Å². The van der Waals surface area contributed by atoms with Crippen molar-refractivity contribution in [3.8, 4) is 0 Å². The number of H-pyrrole nitrogens is 2. The van der Waals surface area contributed by atoms with Gasteiger partial charge in [0, 0.05) is 30.2 Å². The van der Waals surface area contributed by atoms with Gasteiger partial charge in [-0.2, -0.15) is 0 Å². The van der Waals surface area contributed by atoms with Crippen LogP contribution in [0.3, 0.4) is 0 Å². The summed E-state index contributed by atoms with van der Waals surface area (Å²) in [4.78, 5) is 50.5. The van der Waals surface area contributed by atoms with E-state index in [1.165, 1.54) is 12.1 Å². The lowest BCUT2D eigenvalue weighted by atomic mass is 9.97. The van der Waals surface area contributed by atoms with Crippen molar-refractivity contribution < 1.29 is 9.72 Å². The van der Waals surface area contributed by atoms with Gasteiger partial charge < -0.3 is 20.6 Å². The lowest BCUT2D eigenvalue weighted by Gasteiger charge is -2.21. The molecule has 1 aromatic heterocycles. The summed E-state index contributed by atoms with van der Waals surface area (Å²) in [6.45, 7) is 1.56. The first-order valence-corrected chi connectivity index (χ1v) is 7.88. The summed E-state index contributed by atoms with van der Waals surface area (Å²) >= 11 is 0. The Morgan fingerprint density at radius 3 is 2.56 bits per heavy atom. The zero-order chi connectivity index (χ0) is 18.0. The van der Waals surface area contributed by atoms with Crippen LogP contribution in [0.4, 0.5) is 5.69 Å². The highest BCUT2D eigenvalue weighted by Gasteiger charge is 2.21. The molecule has 1 saturated heterocycles. The van der Waals surface area contributed by atoms with Crippen LogP contribution in [0.1, 0.15) is 18.4 Å². The molecule has 1 aromatic carbocycles. The topological polar surface area (TPSA) is 150 Å². The van der Waals surface area contributed by atoms with E-state index in [0.29, 0.717) is 5.56 Å². The van der Waals surface area contributed by atoms with Gasteiger partial charge >= 0.3 is 11.1 Å². The molecule has 0 atom stereocenters. The van der Waals surface area contributed by atoms with Gasteiger partial charge in [-0.25, -0.2) is 0 Å². The van der Waals surface area contributed by atoms with Crippen LogP contribution >= 0.6 is 0 Å². The third-order valence-corrected chi connectivity index (χ3v) is 4.27. The summed E-state index contributed by atoms with van der Waals surface area (Å²) in [6, 6.07) is 2.45. The van der Waals surface area contributed by atoms with Crippen LogP contribution in [0.2, 0.25) is 0 Å². The summed E-state index contributed by atoms with van der Waals surface area (Å²) in [5.41, 5.74) is -1.21. The van der Waals surface area contributed by atoms with Crippen molar-refractivity contribution in [2.24, 2.45) is 5.92 Å². The van der Waals surface area contributed by atoms with Gasteiger partial charge in [0.15, 0.2) is 0 Å². The quantitative estimate of drug-likeness (QED) is 0.340. The van der Waals surface area contributed by atoms with Crippen molar-refractivity contribution in [1.82, 2.24) is 20.6 Å². The van der Waals surface area contributed by atoms with Gasteiger partial charge in [-0.3, -0.25) is 24.5 Å². The lowest BCUT2D eigenvalue weighted by molar-refractivity contribution is -0.384. The molecule has 0 saturated carbocycles. The number of aromatic amines is 2. The molecule has 2 aromatic rings. The number of benzene rings is 1. The monoisotopic (exact) mass is 347 g/mol. The molecule has 0 spiro atoms. The normalized spacial score (nSPS) is 15.2. The minimum atomic E-state index is -0.891. The van der Waals surface area contributed by atoms with Crippen LogP contribution in [-0.2, 0) is 11.3 Å². The van der Waals surface area contributed by atoms with Crippen LogP contribution in [0.15, 0.2) is 21.7 Å². The Kier molecular flexibility index (Phi) is 4.61. The van der Waals surface area contributed by atoms with E-state index in [1.54, 1.807) is 0 Å². The minimum Gasteiger partial charge on any atom is -0.352 e. The summed E-state index contributed by atoms with van der Waals surface area (Å²) in [5, 5.41) is 17.0. The van der Waals surface area contributed by atoms with E-state index in [0.717, 1.165) is 25.9 Å². The number of nitro groups is 1. The maximum absolute atomic E-state index is 12.2. The van der Waals surface area contributed by atoms with Crippen LogP contribution < -0.4 is 21.8 Å². The molecule has 132 valence electrons. The van der Waals surface area contributed by atoms with Crippen molar-refractivity contribution in [3.05, 3.63) is 48.5 Å². The van der Waals surface area contributed by atoms with Gasteiger partial charge in [-0.05, 0) is 25.9 Å². The molecule has 4 N–H and O–H groups in total. The molecule has 0 radical (unpaired) electrons. The standard InChI is InChI=1S/C15H17N5O5/c21-13(8-1-3-16-4-2-8)17-7-9-5-10(20(24)25)6-11-12(9)19-15(23)14(22)18-11/h5-6,8,16H,1-4,7H2,(H,17,21)(H,18,22)(H,19,23). The van der Waals surface area contributed by atoms with Gasteiger partial charge in [-0.15, -0.1) is 0 Å². The number of aromatic nitrogens is 2. The van der Waals surface area contributed by atoms with Gasteiger partial charge in [-0.1, -0.05) is 0 Å². The summed E-state index contributed by atoms with van der Waals surface area (Å²) in [5.74, 6) is -0.238. The van der Waals surface area contributed by atoms with Gasteiger partial charge in [0.2, 0.25) is 5.91 Å². The number of hydrogen-bond acceptors (Lipinski definition) is 6. The van der Waals surface area contributed by atoms with Gasteiger partial charge in [0.25, 0.3) is 5.69 Å². The second-order valence-electron chi connectivity index (χ2n) is 5.93. The molecular weight excluding hydrogens is 330 g/mol. The van der Waals surface area contributed by atoms with Crippen LogP contribution in [0.5, 0.6) is 0 Å². The Balaban J connectivity index is 1.92. The zero-order valence-corrected chi connectivity index (χ0v) is 13.3. The first-order chi connectivity index (χ1) is 12.0. The Morgan fingerprint density at radius 2 is 1.88 bits per heavy atom. The van der Waals surface area contributed by atoms with E-state index in [2.05, 4.69) is 20.6 Å². The molecule has 10 heteroatoms. The Hall–Kier alpha value is -3.01. The highest BCUT2D eigenvalue weighted by atomic mass is 16.6. The third-order valence-electron chi connectivity index (χ3n) is 4.27. The molecule has 0 unspecified atom stereocenters. The highest BCUT2D eigenvalue weighted by Crippen LogP contribution is 2.21. The number of nitrogens with zero attached hydrogens (tertiary/aromatic N) is 1. The number of hydrogen-bond donors (Lipinski definition) is 4. The average molecular weight is 347 g/mol. The fourth-order valence-corrected chi connectivity index (χ4v) is 2.94. The number of amides is 1. The van der Waals surface area contributed by atoms with E-state index >= 15 is 0 Å². The van der Waals surface area contributed by atoms with Crippen LogP contribution in [0.25, 0.3) is 11.0 Å². The Morgan fingerprint density at radius 1 is 1.20 bits per heavy atom. The van der Waals surface area contributed by atoms with E-state index in [4.69, 9.17) is 0 Å². The van der Waals surface area contributed by atoms with Crippen LogP contribution in [-0.4, -0.2) is 33.9 Å². The first kappa shape index (κ1) is 16.8. The number of non-ortho nitro benzene ring substituents is 1. The van der Waals surface area contributed by atoms with E-state index in [9.17, 15) is 24.5 Å². The summed E-state index contributed by atoms with van der Waals surface area (Å²) in [7, 11) is 0. The van der Waals surface area contributed by atoms with Crippen molar-refractivity contribution >= 4 is 22.6 Å². The predicted octanol–water partition coefficient (Wildman–Crippen LogP) is -0.260. The summed E-state index contributed by atoms with van der Waals surface area (Å²) < 4.78 is 0. The fraction of sp³-hybridized carbons (Fsp3) is 0.400. The highest BCUT2D eigenvalue weighted by molar-refractivity contribution is 5.82. The SMILES string of the molecule is O=C(NCc1cc([N+](=O)[O-])cc2[nH]c(=O)c(=O)[nH]c12)C1CCNCC1. The van der Waals surface area contributed by atoms with Crippen molar-refractivity contribution in [2.75, 3.05) is 13.1 Å². The number of carbonyl (C=O) groups is 1. The third kappa shape index (κ3) is 3.58. The second kappa shape index (κ2) is 6.85. The maximum atomic E-state index is 12.2. The number of rotatable bonds is 4. The van der Waals surface area contributed by atoms with E-state index in [-0.39, 0.29) is 35.1 Å². The molecule has 25 heavy (non-hydrogen) atoms. The zero-order valence-electron chi connectivity index (χ0n) is 13.3. The van der Waals surface area contributed by atoms with E-state index in [1.807, 2.05) is 0 Å². The molecule has 1 fully saturated rings. The Bertz CT molecular complexity index is 941. The Labute approximate surface area is 140 Å². The smallest absolute Gasteiger partial charge is 0.314 e. The number of nitro benzene ring substituents is 1. The molecule has 0 aliphatic carbocycles. The van der Waals surface area contributed by atoms with Gasteiger partial charge in [0.05, 0.1) is 16.0 Å². The fourth-order valence-electron chi connectivity index (χ4n) is 2.94. The predicted molar refractivity (Wildman–Crippen MR) is 89.3 cm³/mol. The molecule has 10 nitrogen and oxygen atoms in total. The lowest BCUT2D eigenvalue weighted by Crippen LogP contribution is -2.38. The van der Waals surface area contributed by atoms with Crippen molar-refractivity contribution in [3.63, 3.8) is 0 Å². The number of nitrogens with one attached hydrogen (secondary N) is 4. The molecule has 2 heterocycles. The van der Waals surface area contributed by atoms with E-state index < -0.39 is 16.0 Å². The number of carbonyl (C=O) groups excluding carboxylic acids is 1. The molecule has 1 amide bonds. The second-order valence-corrected chi connectivity index (χ2v) is 5.93. The molecule has 3 rings (SSSR count). The molecule has 0 bridgehead atoms. The number of fused-ring (bicyclic) bond motifs is 1. The number of piperidine rings is 1. The maximum Gasteiger partial charge on any atom is 0.314 e.